The van der Waals surface area contributed by atoms with Gasteiger partial charge in [0.1, 0.15) is 17.2 Å². The molecule has 2 bridgehead atoms. The third-order valence-electron chi connectivity index (χ3n) is 4.09. The third kappa shape index (κ3) is 2.18. The van der Waals surface area contributed by atoms with Gasteiger partial charge in [-0.05, 0) is 37.8 Å². The van der Waals surface area contributed by atoms with Crippen LogP contribution in [0.5, 0.6) is 0 Å². The van der Waals surface area contributed by atoms with Crippen LogP contribution in [0.2, 0.25) is 0 Å². The maximum absolute atomic E-state index is 13.7. The van der Waals surface area contributed by atoms with Crippen LogP contribution in [-0.2, 0) is 0 Å². The first-order valence-electron chi connectivity index (χ1n) is 6.48. The number of benzene rings is 1. The highest BCUT2D eigenvalue weighted by Gasteiger charge is 2.43. The summed E-state index contributed by atoms with van der Waals surface area (Å²) in [5.74, 6) is -2.04. The Morgan fingerprint density at radius 2 is 1.68 bits per heavy atom. The minimum atomic E-state index is -0.773. The van der Waals surface area contributed by atoms with E-state index in [1.165, 1.54) is 6.07 Å². The first-order valence-corrected chi connectivity index (χ1v) is 7.40. The lowest BCUT2D eigenvalue weighted by atomic mass is 10.0. The topological polar surface area (TPSA) is 20.3 Å². The zero-order chi connectivity index (χ0) is 13.6. The van der Waals surface area contributed by atoms with Gasteiger partial charge in [-0.3, -0.25) is 4.79 Å². The van der Waals surface area contributed by atoms with Crippen molar-refractivity contribution in [3.8, 4) is 0 Å². The summed E-state index contributed by atoms with van der Waals surface area (Å²) in [4.78, 5) is 14.5. The van der Waals surface area contributed by atoms with Crippen molar-refractivity contribution in [1.29, 1.82) is 0 Å². The Labute approximate surface area is 118 Å². The highest BCUT2D eigenvalue weighted by molar-refractivity contribution is 9.09. The molecule has 102 valence electrons. The largest absolute Gasteiger partial charge is 0.332 e. The number of carbonyl (C=O) groups is 1. The average molecular weight is 330 g/mol. The van der Waals surface area contributed by atoms with Crippen molar-refractivity contribution in [3.63, 3.8) is 0 Å². The zero-order valence-corrected chi connectivity index (χ0v) is 11.9. The number of hydrogen-bond donors (Lipinski definition) is 0. The molecule has 1 amide bonds. The van der Waals surface area contributed by atoms with Gasteiger partial charge in [-0.2, -0.15) is 0 Å². The van der Waals surface area contributed by atoms with Crippen LogP contribution in [0.4, 0.5) is 8.78 Å². The fourth-order valence-corrected chi connectivity index (χ4v) is 4.14. The number of piperidine rings is 1. The van der Waals surface area contributed by atoms with Crippen LogP contribution in [0.25, 0.3) is 0 Å². The van der Waals surface area contributed by atoms with E-state index in [2.05, 4.69) is 15.9 Å². The molecule has 2 aliphatic rings. The quantitative estimate of drug-likeness (QED) is 0.722. The standard InChI is InChI=1S/C14H14BrF2NO/c15-8-6-9-4-5-10(7-8)18(9)14(19)13-11(16)2-1-3-12(13)17/h1-3,8-10H,4-7H2. The van der Waals surface area contributed by atoms with Crippen molar-refractivity contribution in [3.05, 3.63) is 35.4 Å². The predicted molar refractivity (Wildman–Crippen MR) is 71.3 cm³/mol. The molecule has 0 aromatic heterocycles. The molecule has 3 rings (SSSR count). The predicted octanol–water partition coefficient (Wildman–Crippen LogP) is 3.50. The molecule has 1 aromatic rings. The summed E-state index contributed by atoms with van der Waals surface area (Å²) in [5.41, 5.74) is -0.410. The normalized spacial score (nSPS) is 29.6. The lowest BCUT2D eigenvalue weighted by molar-refractivity contribution is 0.0593. The molecule has 0 spiro atoms. The Bertz CT molecular complexity index is 488. The van der Waals surface area contributed by atoms with E-state index in [4.69, 9.17) is 0 Å². The van der Waals surface area contributed by atoms with Crippen LogP contribution in [0.3, 0.4) is 0 Å². The summed E-state index contributed by atoms with van der Waals surface area (Å²) in [6.45, 7) is 0. The van der Waals surface area contributed by atoms with E-state index >= 15 is 0 Å². The highest BCUT2D eigenvalue weighted by atomic mass is 79.9. The molecule has 0 saturated carbocycles. The van der Waals surface area contributed by atoms with Crippen LogP contribution in [0.1, 0.15) is 36.0 Å². The second-order valence-electron chi connectivity index (χ2n) is 5.26. The molecule has 2 nitrogen and oxygen atoms in total. The molecule has 2 aliphatic heterocycles. The second-order valence-corrected chi connectivity index (χ2v) is 6.56. The number of nitrogens with zero attached hydrogens (tertiary/aromatic N) is 1. The van der Waals surface area contributed by atoms with Gasteiger partial charge in [0.25, 0.3) is 5.91 Å². The first kappa shape index (κ1) is 13.0. The third-order valence-corrected chi connectivity index (χ3v) is 4.83. The van der Waals surface area contributed by atoms with E-state index in [9.17, 15) is 13.6 Å². The number of carbonyl (C=O) groups excluding carboxylic acids is 1. The number of rotatable bonds is 1. The van der Waals surface area contributed by atoms with E-state index in [1.54, 1.807) is 4.90 Å². The molecular weight excluding hydrogens is 316 g/mol. The molecule has 0 aliphatic carbocycles. The van der Waals surface area contributed by atoms with Gasteiger partial charge >= 0.3 is 0 Å². The molecule has 19 heavy (non-hydrogen) atoms. The maximum Gasteiger partial charge on any atom is 0.260 e. The Kier molecular flexibility index (Phi) is 3.33. The van der Waals surface area contributed by atoms with Crippen molar-refractivity contribution in [2.24, 2.45) is 0 Å². The number of amides is 1. The minimum Gasteiger partial charge on any atom is -0.332 e. The van der Waals surface area contributed by atoms with E-state index in [-0.39, 0.29) is 12.1 Å². The monoisotopic (exact) mass is 329 g/mol. The van der Waals surface area contributed by atoms with Crippen molar-refractivity contribution in [2.75, 3.05) is 0 Å². The van der Waals surface area contributed by atoms with Gasteiger partial charge in [0.2, 0.25) is 0 Å². The molecule has 2 atom stereocenters. The smallest absolute Gasteiger partial charge is 0.260 e. The van der Waals surface area contributed by atoms with Crippen LogP contribution < -0.4 is 0 Å². The highest BCUT2D eigenvalue weighted by Crippen LogP contribution is 2.39. The molecule has 2 fully saturated rings. The summed E-state index contributed by atoms with van der Waals surface area (Å²) in [7, 11) is 0. The Hall–Kier alpha value is -0.970. The number of hydrogen-bond acceptors (Lipinski definition) is 1. The van der Waals surface area contributed by atoms with Crippen LogP contribution in [0.15, 0.2) is 18.2 Å². The number of halogens is 3. The summed E-state index contributed by atoms with van der Waals surface area (Å²) in [6, 6.07) is 3.76. The fraction of sp³-hybridized carbons (Fsp3) is 0.500. The van der Waals surface area contributed by atoms with Crippen molar-refractivity contribution in [1.82, 2.24) is 4.90 Å². The summed E-state index contributed by atoms with van der Waals surface area (Å²) in [6.07, 6.45) is 3.57. The summed E-state index contributed by atoms with van der Waals surface area (Å²) >= 11 is 3.58. The fourth-order valence-electron chi connectivity index (χ4n) is 3.27. The van der Waals surface area contributed by atoms with Gasteiger partial charge in [-0.1, -0.05) is 22.0 Å². The average Bonchev–Trinajstić information content (AvgIpc) is 2.61. The van der Waals surface area contributed by atoms with E-state index in [0.29, 0.717) is 4.83 Å². The molecule has 5 heteroatoms. The van der Waals surface area contributed by atoms with Gasteiger partial charge in [-0.15, -0.1) is 0 Å². The van der Waals surface area contributed by atoms with E-state index in [0.717, 1.165) is 37.8 Å². The summed E-state index contributed by atoms with van der Waals surface area (Å²) < 4.78 is 27.4. The van der Waals surface area contributed by atoms with E-state index in [1.807, 2.05) is 0 Å². The Morgan fingerprint density at radius 1 is 1.16 bits per heavy atom. The summed E-state index contributed by atoms with van der Waals surface area (Å²) in [5, 5.41) is 0. The first-order chi connectivity index (χ1) is 9.08. The van der Waals surface area contributed by atoms with Crippen LogP contribution >= 0.6 is 15.9 Å². The maximum atomic E-state index is 13.7. The second kappa shape index (κ2) is 4.85. The van der Waals surface area contributed by atoms with Gasteiger partial charge in [0, 0.05) is 16.9 Å². The molecular formula is C14H14BrF2NO. The molecule has 2 unspecified atom stereocenters. The Balaban J connectivity index is 1.93. The zero-order valence-electron chi connectivity index (χ0n) is 10.3. The lowest BCUT2D eigenvalue weighted by Crippen LogP contribution is -2.47. The van der Waals surface area contributed by atoms with Gasteiger partial charge in [-0.25, -0.2) is 8.78 Å². The lowest BCUT2D eigenvalue weighted by Gasteiger charge is -2.37. The van der Waals surface area contributed by atoms with Crippen LogP contribution in [-0.4, -0.2) is 27.7 Å². The van der Waals surface area contributed by atoms with Gasteiger partial charge in [0.05, 0.1) is 0 Å². The van der Waals surface area contributed by atoms with Gasteiger partial charge < -0.3 is 4.90 Å². The molecule has 0 radical (unpaired) electrons. The van der Waals surface area contributed by atoms with Crippen molar-refractivity contribution < 1.29 is 13.6 Å². The molecule has 1 aromatic carbocycles. The van der Waals surface area contributed by atoms with Crippen molar-refractivity contribution in [2.45, 2.75) is 42.6 Å². The number of fused-ring (bicyclic) bond motifs is 2. The molecule has 2 saturated heterocycles. The SMILES string of the molecule is O=C(c1c(F)cccc1F)N1C2CCC1CC(Br)C2. The minimum absolute atomic E-state index is 0.106. The Morgan fingerprint density at radius 3 is 2.21 bits per heavy atom. The molecule has 0 N–H and O–H groups in total. The molecule has 2 heterocycles. The number of alkyl halides is 1. The van der Waals surface area contributed by atoms with Gasteiger partial charge in [0.15, 0.2) is 0 Å². The van der Waals surface area contributed by atoms with Crippen molar-refractivity contribution >= 4 is 21.8 Å². The van der Waals surface area contributed by atoms with Crippen LogP contribution in [0, 0.1) is 11.6 Å². The van der Waals surface area contributed by atoms with E-state index < -0.39 is 23.1 Å².